The summed E-state index contributed by atoms with van der Waals surface area (Å²) in [7, 11) is 0. The molecule has 0 fully saturated rings. The minimum absolute atomic E-state index is 0.151. The van der Waals surface area contributed by atoms with Gasteiger partial charge in [0.25, 0.3) is 17.5 Å². The fourth-order valence-corrected chi connectivity index (χ4v) is 2.08. The van der Waals surface area contributed by atoms with Gasteiger partial charge < -0.3 is 10.6 Å². The molecule has 7 heteroatoms. The largest absolute Gasteiger partial charge is 0.347 e. The zero-order valence-electron chi connectivity index (χ0n) is 14.2. The van der Waals surface area contributed by atoms with Crippen LogP contribution in [-0.4, -0.2) is 22.3 Å². The van der Waals surface area contributed by atoms with E-state index in [1.165, 1.54) is 24.3 Å². The summed E-state index contributed by atoms with van der Waals surface area (Å²) in [6.45, 7) is 5.66. The van der Waals surface area contributed by atoms with Crippen molar-refractivity contribution in [3.63, 3.8) is 0 Å². The minimum atomic E-state index is -0.556. The number of anilines is 1. The molecule has 2 aromatic carbocycles. The average Bonchev–Trinajstić information content (AvgIpc) is 2.54. The molecule has 0 aliphatic rings. The third-order valence-corrected chi connectivity index (χ3v) is 3.21. The van der Waals surface area contributed by atoms with Crippen molar-refractivity contribution in [2.75, 3.05) is 5.32 Å². The topological polar surface area (TPSA) is 101 Å². The highest BCUT2D eigenvalue weighted by Gasteiger charge is 2.15. The number of nitrogens with zero attached hydrogens (tertiary/aromatic N) is 1. The molecule has 0 aliphatic heterocycles. The molecule has 2 N–H and O–H groups in total. The average molecular weight is 341 g/mol. The number of hydrogen-bond acceptors (Lipinski definition) is 4. The lowest BCUT2D eigenvalue weighted by Crippen LogP contribution is -2.40. The summed E-state index contributed by atoms with van der Waals surface area (Å²) in [4.78, 5) is 34.5. The van der Waals surface area contributed by atoms with Crippen LogP contribution in [0.25, 0.3) is 0 Å². The van der Waals surface area contributed by atoms with E-state index in [4.69, 9.17) is 0 Å². The lowest BCUT2D eigenvalue weighted by molar-refractivity contribution is -0.384. The molecule has 2 rings (SSSR count). The molecule has 2 aromatic rings. The predicted molar refractivity (Wildman–Crippen MR) is 94.7 cm³/mol. The number of amides is 2. The SMILES string of the molecule is CC(C)(C)NC(=O)c1ccc(NC(=O)c2cccc([N+](=O)[O-])c2)cc1. The van der Waals surface area contributed by atoms with Gasteiger partial charge in [-0.2, -0.15) is 0 Å². The van der Waals surface area contributed by atoms with E-state index in [1.54, 1.807) is 24.3 Å². The highest BCUT2D eigenvalue weighted by Crippen LogP contribution is 2.16. The quantitative estimate of drug-likeness (QED) is 0.657. The molecular weight excluding hydrogens is 322 g/mol. The maximum absolute atomic E-state index is 12.2. The summed E-state index contributed by atoms with van der Waals surface area (Å²) in [5.74, 6) is -0.667. The maximum Gasteiger partial charge on any atom is 0.270 e. The molecule has 7 nitrogen and oxygen atoms in total. The molecule has 0 unspecified atom stereocenters. The van der Waals surface area contributed by atoms with Crippen molar-refractivity contribution in [3.8, 4) is 0 Å². The molecule has 0 atom stereocenters. The molecule has 25 heavy (non-hydrogen) atoms. The van der Waals surface area contributed by atoms with Crippen molar-refractivity contribution in [2.24, 2.45) is 0 Å². The smallest absolute Gasteiger partial charge is 0.270 e. The number of nitrogens with one attached hydrogen (secondary N) is 2. The number of hydrogen-bond donors (Lipinski definition) is 2. The van der Waals surface area contributed by atoms with Gasteiger partial charge in [-0.15, -0.1) is 0 Å². The highest BCUT2D eigenvalue weighted by molar-refractivity contribution is 6.05. The second kappa shape index (κ2) is 7.12. The van der Waals surface area contributed by atoms with Crippen molar-refractivity contribution >= 4 is 23.2 Å². The molecule has 0 spiro atoms. The third kappa shape index (κ3) is 5.13. The summed E-state index contributed by atoms with van der Waals surface area (Å²) in [5.41, 5.74) is 0.657. The van der Waals surface area contributed by atoms with Crippen molar-refractivity contribution in [1.82, 2.24) is 5.32 Å². The zero-order chi connectivity index (χ0) is 18.6. The van der Waals surface area contributed by atoms with Crippen LogP contribution in [0.15, 0.2) is 48.5 Å². The summed E-state index contributed by atoms with van der Waals surface area (Å²) in [6, 6.07) is 11.9. The Bertz CT molecular complexity index is 808. The fourth-order valence-electron chi connectivity index (χ4n) is 2.08. The summed E-state index contributed by atoms with van der Waals surface area (Å²) in [5, 5.41) is 16.3. The van der Waals surface area contributed by atoms with Gasteiger partial charge in [0.05, 0.1) is 4.92 Å². The number of non-ortho nitro benzene ring substituents is 1. The molecule has 130 valence electrons. The Hall–Kier alpha value is -3.22. The van der Waals surface area contributed by atoms with Gasteiger partial charge in [0.1, 0.15) is 0 Å². The number of nitro benzene ring substituents is 1. The summed E-state index contributed by atoms with van der Waals surface area (Å²) >= 11 is 0. The van der Waals surface area contributed by atoms with E-state index >= 15 is 0 Å². The molecule has 0 bridgehead atoms. The van der Waals surface area contributed by atoms with Crippen LogP contribution in [-0.2, 0) is 0 Å². The lowest BCUT2D eigenvalue weighted by Gasteiger charge is -2.20. The molecule has 0 saturated carbocycles. The predicted octanol–water partition coefficient (Wildman–Crippen LogP) is 3.38. The van der Waals surface area contributed by atoms with E-state index in [2.05, 4.69) is 10.6 Å². The molecule has 2 amide bonds. The Balaban J connectivity index is 2.08. The molecular formula is C18H19N3O4. The first kappa shape index (κ1) is 18.1. The first-order valence-electron chi connectivity index (χ1n) is 7.64. The van der Waals surface area contributed by atoms with Gasteiger partial charge in [-0.1, -0.05) is 6.07 Å². The Morgan fingerprint density at radius 3 is 2.16 bits per heavy atom. The van der Waals surface area contributed by atoms with E-state index in [-0.39, 0.29) is 22.7 Å². The summed E-state index contributed by atoms with van der Waals surface area (Å²) in [6.07, 6.45) is 0. The van der Waals surface area contributed by atoms with Gasteiger partial charge in [-0.05, 0) is 51.1 Å². The van der Waals surface area contributed by atoms with E-state index in [1.807, 2.05) is 20.8 Å². The van der Waals surface area contributed by atoms with Crippen LogP contribution in [0.4, 0.5) is 11.4 Å². The number of nitro groups is 1. The van der Waals surface area contributed by atoms with Crippen LogP contribution in [0.5, 0.6) is 0 Å². The minimum Gasteiger partial charge on any atom is -0.347 e. The van der Waals surface area contributed by atoms with Gasteiger partial charge in [0.2, 0.25) is 0 Å². The molecule has 0 aliphatic carbocycles. The van der Waals surface area contributed by atoms with Crippen molar-refractivity contribution < 1.29 is 14.5 Å². The molecule has 0 aromatic heterocycles. The number of carbonyl (C=O) groups is 2. The number of carbonyl (C=O) groups excluding carboxylic acids is 2. The van der Waals surface area contributed by atoms with Crippen molar-refractivity contribution in [1.29, 1.82) is 0 Å². The van der Waals surface area contributed by atoms with Crippen molar-refractivity contribution in [3.05, 3.63) is 69.8 Å². The molecule has 0 saturated heterocycles. The monoisotopic (exact) mass is 341 g/mol. The third-order valence-electron chi connectivity index (χ3n) is 3.21. The highest BCUT2D eigenvalue weighted by atomic mass is 16.6. The standard InChI is InChI=1S/C18H19N3O4/c1-18(2,3)20-17(23)12-7-9-14(10-8-12)19-16(22)13-5-4-6-15(11-13)21(24)25/h4-11H,1-3H3,(H,19,22)(H,20,23). The van der Waals surface area contributed by atoms with E-state index < -0.39 is 10.8 Å². The Morgan fingerprint density at radius 1 is 0.960 bits per heavy atom. The maximum atomic E-state index is 12.2. The zero-order valence-corrected chi connectivity index (χ0v) is 14.2. The second-order valence-corrected chi connectivity index (χ2v) is 6.54. The van der Waals surface area contributed by atoms with Crippen LogP contribution in [0.1, 0.15) is 41.5 Å². The van der Waals surface area contributed by atoms with Gasteiger partial charge in [0.15, 0.2) is 0 Å². The van der Waals surface area contributed by atoms with E-state index in [0.717, 1.165) is 0 Å². The van der Waals surface area contributed by atoms with Gasteiger partial charge in [-0.25, -0.2) is 0 Å². The first-order valence-corrected chi connectivity index (χ1v) is 7.64. The van der Waals surface area contributed by atoms with E-state index in [9.17, 15) is 19.7 Å². The van der Waals surface area contributed by atoms with Crippen molar-refractivity contribution in [2.45, 2.75) is 26.3 Å². The summed E-state index contributed by atoms with van der Waals surface area (Å²) < 4.78 is 0. The molecule has 0 radical (unpaired) electrons. The molecule has 0 heterocycles. The number of benzene rings is 2. The van der Waals surface area contributed by atoms with Crippen LogP contribution >= 0.6 is 0 Å². The fraction of sp³-hybridized carbons (Fsp3) is 0.222. The number of rotatable bonds is 4. The van der Waals surface area contributed by atoms with Crippen LogP contribution in [0.2, 0.25) is 0 Å². The Morgan fingerprint density at radius 2 is 1.60 bits per heavy atom. The van der Waals surface area contributed by atoms with Gasteiger partial charge in [-0.3, -0.25) is 19.7 Å². The Labute approximate surface area is 145 Å². The van der Waals surface area contributed by atoms with E-state index in [0.29, 0.717) is 11.3 Å². The van der Waals surface area contributed by atoms with Gasteiger partial charge in [0, 0.05) is 34.5 Å². The normalized spacial score (nSPS) is 10.8. The Kier molecular flexibility index (Phi) is 5.17. The van der Waals surface area contributed by atoms with Crippen LogP contribution in [0.3, 0.4) is 0 Å². The van der Waals surface area contributed by atoms with Gasteiger partial charge >= 0.3 is 0 Å². The van der Waals surface area contributed by atoms with Crippen LogP contribution in [0, 0.1) is 10.1 Å². The van der Waals surface area contributed by atoms with Crippen LogP contribution < -0.4 is 10.6 Å². The first-order chi connectivity index (χ1) is 11.7. The lowest BCUT2D eigenvalue weighted by atomic mass is 10.1. The second-order valence-electron chi connectivity index (χ2n) is 6.54.